The van der Waals surface area contributed by atoms with E-state index in [2.05, 4.69) is 10.6 Å². The third kappa shape index (κ3) is 7.36. The van der Waals surface area contributed by atoms with Crippen LogP contribution in [0, 0.1) is 0 Å². The number of anilines is 1. The summed E-state index contributed by atoms with van der Waals surface area (Å²) in [6.45, 7) is 3.64. The number of halogens is 1. The summed E-state index contributed by atoms with van der Waals surface area (Å²) in [6, 6.07) is 6.90. The summed E-state index contributed by atoms with van der Waals surface area (Å²) in [4.78, 5) is 38.5. The summed E-state index contributed by atoms with van der Waals surface area (Å²) < 4.78 is 4.99. The molecule has 0 spiro atoms. The van der Waals surface area contributed by atoms with Crippen LogP contribution in [0.15, 0.2) is 24.3 Å². The molecule has 1 fully saturated rings. The number of likely N-dealkylation sites (N-methyl/N-ethyl adjacent to an activating group) is 1. The van der Waals surface area contributed by atoms with Crippen molar-refractivity contribution < 1.29 is 24.0 Å². The van der Waals surface area contributed by atoms with Crippen molar-refractivity contribution in [2.45, 2.75) is 25.8 Å². The zero-order valence-electron chi connectivity index (χ0n) is 16.3. The molecular weight excluding hydrogens is 384 g/mol. The SMILES string of the molecule is CCOC(=O)N1CCC(NC(=O)C[NH+](C)CC(=O)Nc2ccc(Cl)cc2)CC1. The molecule has 2 rings (SSSR count). The lowest BCUT2D eigenvalue weighted by Gasteiger charge is -2.31. The second kappa shape index (κ2) is 10.9. The molecule has 9 heteroatoms. The molecule has 1 aliphatic heterocycles. The highest BCUT2D eigenvalue weighted by molar-refractivity contribution is 6.30. The lowest BCUT2D eigenvalue weighted by Crippen LogP contribution is -3.11. The molecule has 8 nitrogen and oxygen atoms in total. The molecule has 1 atom stereocenters. The van der Waals surface area contributed by atoms with Gasteiger partial charge in [-0.05, 0) is 44.0 Å². The Labute approximate surface area is 170 Å². The number of carbonyl (C=O) groups excluding carboxylic acids is 3. The topological polar surface area (TPSA) is 92.2 Å². The first kappa shape index (κ1) is 22.0. The second-order valence-corrected chi connectivity index (χ2v) is 7.33. The van der Waals surface area contributed by atoms with Gasteiger partial charge in [0.15, 0.2) is 13.1 Å². The minimum atomic E-state index is -0.303. The molecule has 1 aliphatic rings. The quantitative estimate of drug-likeness (QED) is 0.610. The van der Waals surface area contributed by atoms with Gasteiger partial charge >= 0.3 is 6.09 Å². The highest BCUT2D eigenvalue weighted by atomic mass is 35.5. The first-order valence-electron chi connectivity index (χ1n) is 9.45. The fourth-order valence-electron chi connectivity index (χ4n) is 3.05. The van der Waals surface area contributed by atoms with Crippen LogP contribution >= 0.6 is 11.6 Å². The zero-order valence-corrected chi connectivity index (χ0v) is 17.1. The molecule has 0 radical (unpaired) electrons. The van der Waals surface area contributed by atoms with E-state index < -0.39 is 0 Å². The molecule has 3 amide bonds. The van der Waals surface area contributed by atoms with E-state index in [0.717, 1.165) is 4.90 Å². The van der Waals surface area contributed by atoms with Gasteiger partial charge in [-0.3, -0.25) is 9.59 Å². The van der Waals surface area contributed by atoms with Gasteiger partial charge in [-0.1, -0.05) is 11.6 Å². The zero-order chi connectivity index (χ0) is 20.5. The number of hydrogen-bond acceptors (Lipinski definition) is 4. The predicted molar refractivity (Wildman–Crippen MR) is 106 cm³/mol. The Morgan fingerprint density at radius 1 is 1.14 bits per heavy atom. The van der Waals surface area contributed by atoms with Gasteiger partial charge in [0.1, 0.15) is 0 Å². The average molecular weight is 412 g/mol. The van der Waals surface area contributed by atoms with E-state index in [-0.39, 0.29) is 37.0 Å². The maximum absolute atomic E-state index is 12.2. The van der Waals surface area contributed by atoms with Crippen LogP contribution in [0.25, 0.3) is 0 Å². The maximum Gasteiger partial charge on any atom is 0.409 e. The maximum atomic E-state index is 12.2. The molecule has 3 N–H and O–H groups in total. The normalized spacial score (nSPS) is 15.6. The molecule has 0 saturated carbocycles. The number of rotatable bonds is 7. The fourth-order valence-corrected chi connectivity index (χ4v) is 3.17. The number of hydrogen-bond donors (Lipinski definition) is 3. The average Bonchev–Trinajstić information content (AvgIpc) is 2.64. The minimum Gasteiger partial charge on any atom is -0.450 e. The third-order valence-electron chi connectivity index (χ3n) is 4.44. The van der Waals surface area contributed by atoms with Gasteiger partial charge in [-0.2, -0.15) is 0 Å². The highest BCUT2D eigenvalue weighted by Gasteiger charge is 2.25. The van der Waals surface area contributed by atoms with Crippen molar-refractivity contribution in [3.63, 3.8) is 0 Å². The molecule has 28 heavy (non-hydrogen) atoms. The van der Waals surface area contributed by atoms with Crippen LogP contribution in [-0.2, 0) is 14.3 Å². The number of nitrogens with zero attached hydrogens (tertiary/aromatic N) is 1. The van der Waals surface area contributed by atoms with Crippen molar-refractivity contribution in [3.05, 3.63) is 29.3 Å². The third-order valence-corrected chi connectivity index (χ3v) is 4.69. The van der Waals surface area contributed by atoms with Crippen LogP contribution in [0.2, 0.25) is 5.02 Å². The van der Waals surface area contributed by atoms with E-state index in [1.54, 1.807) is 43.1 Å². The summed E-state index contributed by atoms with van der Waals surface area (Å²) in [5.74, 6) is -0.276. The van der Waals surface area contributed by atoms with Gasteiger partial charge in [0.25, 0.3) is 11.8 Å². The van der Waals surface area contributed by atoms with Gasteiger partial charge in [0.2, 0.25) is 0 Å². The van der Waals surface area contributed by atoms with Gasteiger partial charge in [0.05, 0.1) is 13.7 Å². The van der Waals surface area contributed by atoms with Crippen molar-refractivity contribution in [1.29, 1.82) is 0 Å². The summed E-state index contributed by atoms with van der Waals surface area (Å²) in [5, 5.41) is 6.37. The van der Waals surface area contributed by atoms with Crippen molar-refractivity contribution in [2.24, 2.45) is 0 Å². The number of carbonyl (C=O) groups is 3. The molecule has 1 unspecified atom stereocenters. The second-order valence-electron chi connectivity index (χ2n) is 6.89. The van der Waals surface area contributed by atoms with Crippen molar-refractivity contribution >= 4 is 35.2 Å². The summed E-state index contributed by atoms with van der Waals surface area (Å²) >= 11 is 5.82. The van der Waals surface area contributed by atoms with Gasteiger partial charge in [0, 0.05) is 29.8 Å². The van der Waals surface area contributed by atoms with E-state index in [9.17, 15) is 14.4 Å². The molecule has 1 saturated heterocycles. The van der Waals surface area contributed by atoms with Crippen molar-refractivity contribution in [3.8, 4) is 0 Å². The number of quaternary nitrogens is 1. The van der Waals surface area contributed by atoms with Gasteiger partial charge in [-0.15, -0.1) is 0 Å². The van der Waals surface area contributed by atoms with Crippen LogP contribution < -0.4 is 15.5 Å². The number of amides is 3. The van der Waals surface area contributed by atoms with E-state index in [1.807, 2.05) is 0 Å². The van der Waals surface area contributed by atoms with E-state index in [4.69, 9.17) is 16.3 Å². The number of benzene rings is 1. The van der Waals surface area contributed by atoms with E-state index >= 15 is 0 Å². The number of ether oxygens (including phenoxy) is 1. The Balaban J connectivity index is 1.67. The number of piperidine rings is 1. The molecule has 1 heterocycles. The molecule has 154 valence electrons. The standard InChI is InChI=1S/C19H27ClN4O4/c1-3-28-19(27)24-10-8-16(9-11-24)22-18(26)13-23(2)12-17(25)21-15-6-4-14(20)5-7-15/h4-7,16H,3,8-13H2,1-2H3,(H,21,25)(H,22,26)/p+1. The van der Waals surface area contributed by atoms with Crippen LogP contribution in [0.5, 0.6) is 0 Å². The first-order chi connectivity index (χ1) is 13.4. The minimum absolute atomic E-state index is 0.0360. The Kier molecular flexibility index (Phi) is 8.53. The Morgan fingerprint density at radius 3 is 2.36 bits per heavy atom. The van der Waals surface area contributed by atoms with Crippen LogP contribution in [0.1, 0.15) is 19.8 Å². The van der Waals surface area contributed by atoms with Crippen molar-refractivity contribution in [2.75, 3.05) is 45.2 Å². The van der Waals surface area contributed by atoms with Crippen LogP contribution in [0.4, 0.5) is 10.5 Å². The van der Waals surface area contributed by atoms with Gasteiger partial charge < -0.3 is 25.2 Å². The summed E-state index contributed by atoms with van der Waals surface area (Å²) in [6.07, 6.45) is 1.09. The lowest BCUT2D eigenvalue weighted by molar-refractivity contribution is -0.862. The predicted octanol–water partition coefficient (Wildman–Crippen LogP) is 0.530. The Hall–Kier alpha value is -2.32. The molecule has 0 aliphatic carbocycles. The smallest absolute Gasteiger partial charge is 0.409 e. The number of likely N-dealkylation sites (tertiary alicyclic amines) is 1. The number of nitrogens with one attached hydrogen (secondary N) is 3. The summed E-state index contributed by atoms with van der Waals surface area (Å²) in [5.41, 5.74) is 0.667. The van der Waals surface area contributed by atoms with Crippen LogP contribution in [0.3, 0.4) is 0 Å². The highest BCUT2D eigenvalue weighted by Crippen LogP contribution is 2.13. The molecule has 1 aromatic carbocycles. The fraction of sp³-hybridized carbons (Fsp3) is 0.526. The Bertz CT molecular complexity index is 675. The first-order valence-corrected chi connectivity index (χ1v) is 9.83. The Morgan fingerprint density at radius 2 is 1.75 bits per heavy atom. The molecule has 1 aromatic rings. The lowest BCUT2D eigenvalue weighted by atomic mass is 10.1. The van der Waals surface area contributed by atoms with E-state index in [0.29, 0.717) is 43.2 Å². The van der Waals surface area contributed by atoms with Crippen molar-refractivity contribution in [1.82, 2.24) is 10.2 Å². The van der Waals surface area contributed by atoms with Gasteiger partial charge in [-0.25, -0.2) is 4.79 Å². The van der Waals surface area contributed by atoms with E-state index in [1.165, 1.54) is 0 Å². The molecule has 0 aromatic heterocycles. The molecular formula is C19H28ClN4O4+. The molecule has 0 bridgehead atoms. The summed E-state index contributed by atoms with van der Waals surface area (Å²) in [7, 11) is 1.80. The largest absolute Gasteiger partial charge is 0.450 e. The van der Waals surface area contributed by atoms with Crippen LogP contribution in [-0.4, -0.2) is 68.7 Å². The monoisotopic (exact) mass is 411 g/mol.